The number of piperidine rings is 1. The van der Waals surface area contributed by atoms with Gasteiger partial charge in [-0.05, 0) is 37.8 Å². The van der Waals surface area contributed by atoms with Crippen LogP contribution in [-0.4, -0.2) is 42.9 Å². The molecular weight excluding hydrogens is 281 g/mol. The smallest absolute Gasteiger partial charge is 0.263 e. The Balaban J connectivity index is 1.86. The summed E-state index contributed by atoms with van der Waals surface area (Å²) < 4.78 is 40.0. The van der Waals surface area contributed by atoms with Gasteiger partial charge in [0.1, 0.15) is 0 Å². The van der Waals surface area contributed by atoms with Crippen LogP contribution >= 0.6 is 0 Å². The second kappa shape index (κ2) is 5.05. The van der Waals surface area contributed by atoms with Crippen molar-refractivity contribution in [2.75, 3.05) is 7.05 Å². The van der Waals surface area contributed by atoms with Gasteiger partial charge in [0.25, 0.3) is 10.0 Å². The van der Waals surface area contributed by atoms with Crippen LogP contribution in [0, 0.1) is 5.82 Å². The molecule has 3 heterocycles. The molecule has 3 rings (SSSR count). The van der Waals surface area contributed by atoms with Gasteiger partial charge in [-0.15, -0.1) is 0 Å². The number of hydrogen-bond donors (Lipinski definition) is 1. The largest absolute Gasteiger partial charge is 0.311 e. The number of hydrogen-bond acceptors (Lipinski definition) is 4. The van der Waals surface area contributed by atoms with E-state index in [2.05, 4.69) is 10.3 Å². The summed E-state index contributed by atoms with van der Waals surface area (Å²) in [5.41, 5.74) is 0. The van der Waals surface area contributed by atoms with E-state index in [1.807, 2.05) is 0 Å². The number of fused-ring (bicyclic) bond motifs is 2. The van der Waals surface area contributed by atoms with Crippen molar-refractivity contribution in [3.63, 3.8) is 0 Å². The molecule has 2 saturated heterocycles. The SMILES string of the molecule is CN(C1CC2CCC(C1)N2)S(=O)(=O)c1ncccc1F. The molecule has 110 valence electrons. The fraction of sp³-hybridized carbons (Fsp3) is 0.615. The number of rotatable bonds is 3. The number of sulfonamides is 1. The number of halogens is 1. The van der Waals surface area contributed by atoms with E-state index in [9.17, 15) is 12.8 Å². The van der Waals surface area contributed by atoms with E-state index < -0.39 is 20.9 Å². The lowest BCUT2D eigenvalue weighted by molar-refractivity contribution is 0.250. The van der Waals surface area contributed by atoms with Gasteiger partial charge >= 0.3 is 0 Å². The first-order valence-electron chi connectivity index (χ1n) is 6.83. The maximum absolute atomic E-state index is 13.7. The molecule has 5 nitrogen and oxygen atoms in total. The second-order valence-corrected chi connectivity index (χ2v) is 7.49. The van der Waals surface area contributed by atoms with E-state index in [1.165, 1.54) is 23.6 Å². The average Bonchev–Trinajstić information content (AvgIpc) is 2.77. The van der Waals surface area contributed by atoms with Crippen molar-refractivity contribution in [2.24, 2.45) is 0 Å². The number of pyridine rings is 1. The summed E-state index contributed by atoms with van der Waals surface area (Å²) in [6.07, 6.45) is 5.04. The quantitative estimate of drug-likeness (QED) is 0.908. The molecule has 0 aliphatic carbocycles. The van der Waals surface area contributed by atoms with E-state index in [-0.39, 0.29) is 6.04 Å². The van der Waals surface area contributed by atoms with Crippen LogP contribution in [0.4, 0.5) is 4.39 Å². The molecule has 0 spiro atoms. The minimum absolute atomic E-state index is 0.0832. The Morgan fingerprint density at radius 2 is 2.00 bits per heavy atom. The van der Waals surface area contributed by atoms with Crippen molar-refractivity contribution in [1.82, 2.24) is 14.6 Å². The molecule has 2 bridgehead atoms. The van der Waals surface area contributed by atoms with Gasteiger partial charge in [-0.3, -0.25) is 0 Å². The van der Waals surface area contributed by atoms with Crippen LogP contribution in [-0.2, 0) is 10.0 Å². The van der Waals surface area contributed by atoms with Crippen molar-refractivity contribution in [3.8, 4) is 0 Å². The Bertz CT molecular complexity index is 595. The highest BCUT2D eigenvalue weighted by Gasteiger charge is 2.39. The highest BCUT2D eigenvalue weighted by atomic mass is 32.2. The fourth-order valence-corrected chi connectivity index (χ4v) is 4.56. The summed E-state index contributed by atoms with van der Waals surface area (Å²) in [4.78, 5) is 3.70. The van der Waals surface area contributed by atoms with Crippen LogP contribution in [0.3, 0.4) is 0 Å². The predicted molar refractivity (Wildman–Crippen MR) is 72.1 cm³/mol. The number of nitrogens with one attached hydrogen (secondary N) is 1. The van der Waals surface area contributed by atoms with Crippen LogP contribution in [0.15, 0.2) is 23.4 Å². The molecule has 0 radical (unpaired) electrons. The zero-order chi connectivity index (χ0) is 14.3. The Labute approximate surface area is 118 Å². The molecule has 0 aromatic carbocycles. The lowest BCUT2D eigenvalue weighted by atomic mass is 10.0. The third-order valence-corrected chi connectivity index (χ3v) is 6.16. The Morgan fingerprint density at radius 1 is 1.35 bits per heavy atom. The summed E-state index contributed by atoms with van der Waals surface area (Å²) in [7, 11) is -2.34. The van der Waals surface area contributed by atoms with Gasteiger partial charge in [-0.25, -0.2) is 17.8 Å². The van der Waals surface area contributed by atoms with Crippen LogP contribution in [0.2, 0.25) is 0 Å². The van der Waals surface area contributed by atoms with Crippen LogP contribution in [0.5, 0.6) is 0 Å². The number of aromatic nitrogens is 1. The molecular formula is C13H18FN3O2S. The van der Waals surface area contributed by atoms with Crippen LogP contribution in [0.1, 0.15) is 25.7 Å². The molecule has 2 fully saturated rings. The maximum Gasteiger partial charge on any atom is 0.263 e. The monoisotopic (exact) mass is 299 g/mol. The van der Waals surface area contributed by atoms with Gasteiger partial charge in [0.2, 0.25) is 5.03 Å². The number of nitrogens with zero attached hydrogens (tertiary/aromatic N) is 2. The second-order valence-electron chi connectivity index (χ2n) is 5.57. The molecule has 1 N–H and O–H groups in total. The lowest BCUT2D eigenvalue weighted by Gasteiger charge is -2.34. The minimum Gasteiger partial charge on any atom is -0.311 e. The minimum atomic E-state index is -3.87. The summed E-state index contributed by atoms with van der Waals surface area (Å²) in [5, 5.41) is 2.99. The van der Waals surface area contributed by atoms with E-state index >= 15 is 0 Å². The molecule has 0 saturated carbocycles. The van der Waals surface area contributed by atoms with E-state index in [0.29, 0.717) is 12.1 Å². The zero-order valence-electron chi connectivity index (χ0n) is 11.3. The molecule has 0 amide bonds. The highest BCUT2D eigenvalue weighted by molar-refractivity contribution is 7.89. The lowest BCUT2D eigenvalue weighted by Crippen LogP contribution is -2.48. The first-order chi connectivity index (χ1) is 9.48. The topological polar surface area (TPSA) is 62.3 Å². The summed E-state index contributed by atoms with van der Waals surface area (Å²) in [5.74, 6) is -0.795. The van der Waals surface area contributed by atoms with Gasteiger partial charge in [0.05, 0.1) is 0 Å². The standard InChI is InChI=1S/C13H18FN3O2S/c1-17(11-7-9-4-5-10(8-11)16-9)20(18,19)13-12(14)3-2-6-15-13/h2-3,6,9-11,16H,4-5,7-8H2,1H3. The molecule has 1 aromatic rings. The summed E-state index contributed by atoms with van der Waals surface area (Å²) in [6.45, 7) is 0. The Kier molecular flexibility index (Phi) is 3.51. The van der Waals surface area contributed by atoms with E-state index in [1.54, 1.807) is 0 Å². The van der Waals surface area contributed by atoms with E-state index in [4.69, 9.17) is 0 Å². The van der Waals surface area contributed by atoms with Gasteiger partial charge in [0.15, 0.2) is 5.82 Å². The van der Waals surface area contributed by atoms with Gasteiger partial charge < -0.3 is 5.32 Å². The average molecular weight is 299 g/mol. The molecule has 7 heteroatoms. The van der Waals surface area contributed by atoms with E-state index in [0.717, 1.165) is 31.7 Å². The highest BCUT2D eigenvalue weighted by Crippen LogP contribution is 2.31. The van der Waals surface area contributed by atoms with Crippen molar-refractivity contribution in [1.29, 1.82) is 0 Å². The summed E-state index contributed by atoms with van der Waals surface area (Å²) >= 11 is 0. The molecule has 2 atom stereocenters. The van der Waals surface area contributed by atoms with Crippen LogP contribution in [0.25, 0.3) is 0 Å². The molecule has 2 unspecified atom stereocenters. The molecule has 2 aliphatic rings. The Morgan fingerprint density at radius 3 is 2.60 bits per heavy atom. The normalized spacial score (nSPS) is 29.9. The molecule has 20 heavy (non-hydrogen) atoms. The fourth-order valence-electron chi connectivity index (χ4n) is 3.22. The van der Waals surface area contributed by atoms with Crippen molar-refractivity contribution in [2.45, 2.75) is 48.8 Å². The van der Waals surface area contributed by atoms with Crippen molar-refractivity contribution in [3.05, 3.63) is 24.1 Å². The van der Waals surface area contributed by atoms with Crippen molar-refractivity contribution >= 4 is 10.0 Å². The summed E-state index contributed by atoms with van der Waals surface area (Å²) in [6, 6.07) is 3.19. The first-order valence-corrected chi connectivity index (χ1v) is 8.27. The first kappa shape index (κ1) is 13.9. The molecule has 1 aromatic heterocycles. The molecule has 2 aliphatic heterocycles. The third kappa shape index (κ3) is 2.34. The van der Waals surface area contributed by atoms with Gasteiger partial charge in [0, 0.05) is 31.4 Å². The zero-order valence-corrected chi connectivity index (χ0v) is 12.1. The van der Waals surface area contributed by atoms with Gasteiger partial charge in [-0.1, -0.05) is 0 Å². The predicted octanol–water partition coefficient (Wildman–Crippen LogP) is 1.12. The third-order valence-electron chi connectivity index (χ3n) is 4.31. The van der Waals surface area contributed by atoms with Gasteiger partial charge in [-0.2, -0.15) is 4.31 Å². The Hall–Kier alpha value is -1.05. The maximum atomic E-state index is 13.7. The van der Waals surface area contributed by atoms with Crippen LogP contribution < -0.4 is 5.32 Å². The van der Waals surface area contributed by atoms with Crippen molar-refractivity contribution < 1.29 is 12.8 Å².